The molecule has 0 radical (unpaired) electrons. The lowest BCUT2D eigenvalue weighted by molar-refractivity contribution is 0.466. The number of nitrogens with zero attached hydrogens (tertiary/aromatic N) is 4. The highest BCUT2D eigenvalue weighted by atomic mass is 35.5. The quantitative estimate of drug-likeness (QED) is 0.477. The molecule has 0 fully saturated rings. The van der Waals surface area contributed by atoms with Gasteiger partial charge in [-0.25, -0.2) is 4.98 Å². The summed E-state index contributed by atoms with van der Waals surface area (Å²) in [5.74, 6) is 1.92. The molecule has 0 amide bonds. The van der Waals surface area contributed by atoms with Gasteiger partial charge in [-0.05, 0) is 24.1 Å². The number of benzene rings is 1. The van der Waals surface area contributed by atoms with E-state index < -0.39 is 0 Å². The van der Waals surface area contributed by atoms with Crippen molar-refractivity contribution in [3.05, 3.63) is 45.4 Å². The lowest BCUT2D eigenvalue weighted by atomic mass is 10.2. The predicted molar refractivity (Wildman–Crippen MR) is 99.1 cm³/mol. The van der Waals surface area contributed by atoms with E-state index >= 15 is 0 Å². The van der Waals surface area contributed by atoms with Gasteiger partial charge in [-0.3, -0.25) is 9.36 Å². The van der Waals surface area contributed by atoms with Crippen LogP contribution in [0.2, 0.25) is 5.02 Å². The van der Waals surface area contributed by atoms with Crippen molar-refractivity contribution in [3.63, 3.8) is 0 Å². The van der Waals surface area contributed by atoms with E-state index in [2.05, 4.69) is 29.0 Å². The second-order valence-corrected chi connectivity index (χ2v) is 7.48. The van der Waals surface area contributed by atoms with Gasteiger partial charge in [-0.15, -0.1) is 10.2 Å². The highest BCUT2D eigenvalue weighted by Gasteiger charge is 2.15. The first-order valence-electron chi connectivity index (χ1n) is 8.12. The zero-order valence-corrected chi connectivity index (χ0v) is 15.9. The van der Waals surface area contributed by atoms with Gasteiger partial charge in [0.25, 0.3) is 5.56 Å². The molecule has 0 aliphatic rings. The maximum absolute atomic E-state index is 12.9. The Morgan fingerprint density at radius 2 is 2.04 bits per heavy atom. The molecule has 0 aliphatic carbocycles. The SMILES string of the molecule is CCc1nnc(CSc2nc3ccc(Cl)cc3c(=O)n2CC(C)C)o1. The van der Waals surface area contributed by atoms with Crippen LogP contribution in [-0.2, 0) is 18.7 Å². The molecule has 25 heavy (non-hydrogen) atoms. The molecule has 0 atom stereocenters. The standard InChI is InChI=1S/C17H19ClN4O2S/c1-4-14-20-21-15(24-14)9-25-17-19-13-6-5-11(18)7-12(13)16(23)22(17)8-10(2)3/h5-7,10H,4,8-9H2,1-3H3. The van der Waals surface area contributed by atoms with Gasteiger partial charge in [0, 0.05) is 18.0 Å². The zero-order chi connectivity index (χ0) is 18.0. The zero-order valence-electron chi connectivity index (χ0n) is 14.3. The molecule has 3 aromatic rings. The molecule has 132 valence electrons. The van der Waals surface area contributed by atoms with Crippen molar-refractivity contribution in [2.45, 2.75) is 44.6 Å². The molecular formula is C17H19ClN4O2S. The fraction of sp³-hybridized carbons (Fsp3) is 0.412. The van der Waals surface area contributed by atoms with Crippen LogP contribution in [0.25, 0.3) is 10.9 Å². The van der Waals surface area contributed by atoms with Crippen LogP contribution in [0.15, 0.2) is 32.6 Å². The lowest BCUT2D eigenvalue weighted by Gasteiger charge is -2.14. The normalized spacial score (nSPS) is 11.6. The Morgan fingerprint density at radius 1 is 1.28 bits per heavy atom. The molecule has 0 saturated carbocycles. The Bertz CT molecular complexity index is 951. The van der Waals surface area contributed by atoms with E-state index in [1.807, 2.05) is 6.92 Å². The number of hydrogen-bond acceptors (Lipinski definition) is 6. The number of hydrogen-bond donors (Lipinski definition) is 0. The van der Waals surface area contributed by atoms with E-state index in [4.69, 9.17) is 16.0 Å². The molecule has 8 heteroatoms. The number of aryl methyl sites for hydroxylation is 1. The van der Waals surface area contributed by atoms with Gasteiger partial charge in [-0.2, -0.15) is 0 Å². The van der Waals surface area contributed by atoms with E-state index in [0.29, 0.717) is 57.5 Å². The maximum atomic E-state index is 12.9. The van der Waals surface area contributed by atoms with E-state index in [1.54, 1.807) is 22.8 Å². The van der Waals surface area contributed by atoms with Crippen LogP contribution in [0.1, 0.15) is 32.6 Å². The summed E-state index contributed by atoms with van der Waals surface area (Å²) in [5, 5.41) is 9.68. The summed E-state index contributed by atoms with van der Waals surface area (Å²) in [6.45, 7) is 6.67. The lowest BCUT2D eigenvalue weighted by Crippen LogP contribution is -2.25. The summed E-state index contributed by atoms with van der Waals surface area (Å²) < 4.78 is 7.23. The van der Waals surface area contributed by atoms with Crippen molar-refractivity contribution in [1.82, 2.24) is 19.7 Å². The molecule has 0 spiro atoms. The molecule has 0 unspecified atom stereocenters. The van der Waals surface area contributed by atoms with Gasteiger partial charge in [0.15, 0.2) is 5.16 Å². The average Bonchev–Trinajstić information content (AvgIpc) is 3.04. The highest BCUT2D eigenvalue weighted by Crippen LogP contribution is 2.23. The smallest absolute Gasteiger partial charge is 0.262 e. The first-order valence-corrected chi connectivity index (χ1v) is 9.48. The Hall–Kier alpha value is -1.86. The molecule has 1 aromatic carbocycles. The van der Waals surface area contributed by atoms with Crippen molar-refractivity contribution in [3.8, 4) is 0 Å². The minimum absolute atomic E-state index is 0.0801. The second-order valence-electron chi connectivity index (χ2n) is 6.10. The molecule has 2 aromatic heterocycles. The van der Waals surface area contributed by atoms with Crippen molar-refractivity contribution in [2.75, 3.05) is 0 Å². The van der Waals surface area contributed by atoms with Crippen molar-refractivity contribution in [2.24, 2.45) is 5.92 Å². The van der Waals surface area contributed by atoms with Crippen molar-refractivity contribution in [1.29, 1.82) is 0 Å². The van der Waals surface area contributed by atoms with Crippen molar-refractivity contribution < 1.29 is 4.42 Å². The van der Waals surface area contributed by atoms with Crippen LogP contribution in [0.3, 0.4) is 0 Å². The van der Waals surface area contributed by atoms with E-state index in [1.165, 1.54) is 11.8 Å². The number of halogens is 1. The summed E-state index contributed by atoms with van der Waals surface area (Å²) in [6, 6.07) is 5.18. The van der Waals surface area contributed by atoms with Gasteiger partial charge in [-0.1, -0.05) is 44.1 Å². The molecule has 2 heterocycles. The van der Waals surface area contributed by atoms with Gasteiger partial charge in [0.05, 0.1) is 16.7 Å². The Kier molecular flexibility index (Phi) is 5.44. The van der Waals surface area contributed by atoms with Gasteiger partial charge in [0.2, 0.25) is 11.8 Å². The van der Waals surface area contributed by atoms with Crippen molar-refractivity contribution >= 4 is 34.3 Å². The Labute approximate surface area is 154 Å². The van der Waals surface area contributed by atoms with Gasteiger partial charge >= 0.3 is 0 Å². The number of rotatable bonds is 6. The molecular weight excluding hydrogens is 360 g/mol. The van der Waals surface area contributed by atoms with Crippen LogP contribution in [0.5, 0.6) is 0 Å². The Morgan fingerprint density at radius 3 is 2.72 bits per heavy atom. The maximum Gasteiger partial charge on any atom is 0.262 e. The molecule has 0 bridgehead atoms. The summed E-state index contributed by atoms with van der Waals surface area (Å²) in [6.07, 6.45) is 0.699. The molecule has 0 aliphatic heterocycles. The third-order valence-electron chi connectivity index (χ3n) is 3.56. The van der Waals surface area contributed by atoms with Crippen LogP contribution in [0.4, 0.5) is 0 Å². The minimum atomic E-state index is -0.0801. The number of fused-ring (bicyclic) bond motifs is 1. The topological polar surface area (TPSA) is 73.8 Å². The van der Waals surface area contributed by atoms with Crippen LogP contribution in [-0.4, -0.2) is 19.7 Å². The average molecular weight is 379 g/mol. The molecule has 0 saturated heterocycles. The Balaban J connectivity index is 1.99. The summed E-state index contributed by atoms with van der Waals surface area (Å²) in [4.78, 5) is 17.5. The summed E-state index contributed by atoms with van der Waals surface area (Å²) in [5.41, 5.74) is 0.556. The third-order valence-corrected chi connectivity index (χ3v) is 4.76. The van der Waals surface area contributed by atoms with Crippen LogP contribution < -0.4 is 5.56 Å². The third kappa shape index (κ3) is 4.04. The highest BCUT2D eigenvalue weighted by molar-refractivity contribution is 7.98. The second kappa shape index (κ2) is 7.58. The first-order chi connectivity index (χ1) is 12.0. The monoisotopic (exact) mass is 378 g/mol. The van der Waals surface area contributed by atoms with E-state index in [9.17, 15) is 4.79 Å². The van der Waals surface area contributed by atoms with Crippen LogP contribution >= 0.6 is 23.4 Å². The molecule has 0 N–H and O–H groups in total. The number of thioether (sulfide) groups is 1. The summed E-state index contributed by atoms with van der Waals surface area (Å²) >= 11 is 7.46. The molecule has 3 rings (SSSR count). The number of aromatic nitrogens is 4. The predicted octanol–water partition coefficient (Wildman–Crippen LogP) is 3.94. The van der Waals surface area contributed by atoms with Gasteiger partial charge in [0.1, 0.15) is 0 Å². The summed E-state index contributed by atoms with van der Waals surface area (Å²) in [7, 11) is 0. The minimum Gasteiger partial charge on any atom is -0.424 e. The first kappa shape index (κ1) is 17.9. The van der Waals surface area contributed by atoms with E-state index in [0.717, 1.165) is 0 Å². The fourth-order valence-electron chi connectivity index (χ4n) is 2.42. The fourth-order valence-corrected chi connectivity index (χ4v) is 3.44. The molecule has 6 nitrogen and oxygen atoms in total. The van der Waals surface area contributed by atoms with Crippen LogP contribution in [0, 0.1) is 5.92 Å². The van der Waals surface area contributed by atoms with Gasteiger partial charge < -0.3 is 4.42 Å². The largest absolute Gasteiger partial charge is 0.424 e. The van der Waals surface area contributed by atoms with E-state index in [-0.39, 0.29) is 5.56 Å².